The summed E-state index contributed by atoms with van der Waals surface area (Å²) in [7, 11) is -7.60. The third-order valence-electron chi connectivity index (χ3n) is 5.72. The topological polar surface area (TPSA) is 130 Å². The van der Waals surface area contributed by atoms with Crippen LogP contribution in [0.3, 0.4) is 0 Å². The van der Waals surface area contributed by atoms with E-state index in [1.807, 2.05) is 6.92 Å². The highest BCUT2D eigenvalue weighted by atomic mass is 35.5. The van der Waals surface area contributed by atoms with Crippen molar-refractivity contribution in [1.82, 2.24) is 14.9 Å². The summed E-state index contributed by atoms with van der Waals surface area (Å²) >= 11 is 6.04. The van der Waals surface area contributed by atoms with Crippen LogP contribution in [0.2, 0.25) is 5.02 Å². The number of sulfone groups is 1. The van der Waals surface area contributed by atoms with Crippen LogP contribution in [0, 0.1) is 6.92 Å². The fourth-order valence-corrected chi connectivity index (χ4v) is 7.19. The molecule has 180 valence electrons. The Kier molecular flexibility index (Phi) is 6.45. The Bertz CT molecular complexity index is 1390. The van der Waals surface area contributed by atoms with Crippen LogP contribution in [0.15, 0.2) is 64.7 Å². The summed E-state index contributed by atoms with van der Waals surface area (Å²) in [5, 5.41) is 5.50. The summed E-state index contributed by atoms with van der Waals surface area (Å²) in [4.78, 5) is 25.5. The minimum Gasteiger partial charge on any atom is -0.349 e. The lowest BCUT2D eigenvalue weighted by Gasteiger charge is -2.32. The number of carbonyl (C=O) groups excluding carboxylic acids is 2. The van der Waals surface area contributed by atoms with Gasteiger partial charge in [0.25, 0.3) is 10.0 Å². The van der Waals surface area contributed by atoms with E-state index in [2.05, 4.69) is 10.6 Å². The Labute approximate surface area is 202 Å². The fourth-order valence-electron chi connectivity index (χ4n) is 3.96. The number of benzene rings is 2. The molecule has 9 nitrogen and oxygen atoms in total. The third-order valence-corrected chi connectivity index (χ3v) is 9.57. The normalized spacial score (nSPS) is 21.5. The van der Waals surface area contributed by atoms with Crippen LogP contribution in [0.4, 0.5) is 0 Å². The number of fused-ring (bicyclic) bond motifs is 1. The first-order valence-corrected chi connectivity index (χ1v) is 13.8. The van der Waals surface area contributed by atoms with Crippen molar-refractivity contribution in [3.8, 4) is 0 Å². The zero-order valence-electron chi connectivity index (χ0n) is 18.1. The molecule has 2 atom stereocenters. The van der Waals surface area contributed by atoms with Gasteiger partial charge in [0.1, 0.15) is 6.04 Å². The van der Waals surface area contributed by atoms with Gasteiger partial charge in [0, 0.05) is 17.4 Å². The van der Waals surface area contributed by atoms with Crippen LogP contribution in [0.25, 0.3) is 0 Å². The van der Waals surface area contributed by atoms with Crippen molar-refractivity contribution in [3.05, 3.63) is 71.0 Å². The van der Waals surface area contributed by atoms with Crippen LogP contribution in [-0.2, 0) is 29.4 Å². The zero-order valence-corrected chi connectivity index (χ0v) is 20.5. The van der Waals surface area contributed by atoms with Crippen molar-refractivity contribution >= 4 is 43.3 Å². The number of hydrogen-bond donors (Lipinski definition) is 2. The van der Waals surface area contributed by atoms with E-state index >= 15 is 0 Å². The monoisotopic (exact) mass is 523 g/mol. The Morgan fingerprint density at radius 1 is 1.21 bits per heavy atom. The molecule has 34 heavy (non-hydrogen) atoms. The standard InChI is InChI=1S/C22H22ClN3O6S2/c1-14-2-5-16(6-3-14)34(31,32)26-10-9-24-22(28)19(26)13-21(27)25-18-8-11-33(29,30)20-7-4-15(23)12-17(18)20/h2-7,9-10,12,18-19H,8,11,13H2,1H3,(H,24,28)(H,25,27)/t18-,19-/m1/s1. The molecule has 0 fully saturated rings. The smallest absolute Gasteiger partial charge is 0.264 e. The average Bonchev–Trinajstić information content (AvgIpc) is 2.77. The minimum atomic E-state index is -4.10. The van der Waals surface area contributed by atoms with E-state index in [0.717, 1.165) is 9.87 Å². The van der Waals surface area contributed by atoms with Gasteiger partial charge in [-0.2, -0.15) is 0 Å². The van der Waals surface area contributed by atoms with Crippen LogP contribution < -0.4 is 10.6 Å². The van der Waals surface area contributed by atoms with Crippen LogP contribution >= 0.6 is 11.6 Å². The molecule has 0 bridgehead atoms. The molecule has 2 heterocycles. The van der Waals surface area contributed by atoms with Gasteiger partial charge in [-0.05, 0) is 49.2 Å². The molecule has 12 heteroatoms. The van der Waals surface area contributed by atoms with Crippen molar-refractivity contribution in [2.75, 3.05) is 5.75 Å². The predicted molar refractivity (Wildman–Crippen MR) is 125 cm³/mol. The van der Waals surface area contributed by atoms with Gasteiger partial charge in [0.2, 0.25) is 11.8 Å². The largest absolute Gasteiger partial charge is 0.349 e. The highest BCUT2D eigenvalue weighted by molar-refractivity contribution is 7.91. The molecule has 0 saturated carbocycles. The molecular formula is C22H22ClN3O6S2. The minimum absolute atomic E-state index is 0.0103. The maximum atomic E-state index is 13.2. The molecular weight excluding hydrogens is 502 g/mol. The van der Waals surface area contributed by atoms with E-state index in [9.17, 15) is 26.4 Å². The SMILES string of the molecule is Cc1ccc(S(=O)(=O)N2C=CNC(=O)[C@H]2CC(=O)N[C@@H]2CCS(=O)(=O)c3ccc(Cl)cc32)cc1. The van der Waals surface area contributed by atoms with E-state index in [1.165, 1.54) is 42.7 Å². The molecule has 0 aliphatic carbocycles. The molecule has 2 aromatic carbocycles. The number of nitrogens with zero attached hydrogens (tertiary/aromatic N) is 1. The number of amides is 2. The molecule has 0 unspecified atom stereocenters. The van der Waals surface area contributed by atoms with E-state index in [4.69, 9.17) is 11.6 Å². The first-order chi connectivity index (χ1) is 16.0. The highest BCUT2D eigenvalue weighted by Gasteiger charge is 2.38. The molecule has 2 aromatic rings. The van der Waals surface area contributed by atoms with Gasteiger partial charge in [-0.25, -0.2) is 16.8 Å². The van der Waals surface area contributed by atoms with Gasteiger partial charge < -0.3 is 10.6 Å². The lowest BCUT2D eigenvalue weighted by atomic mass is 10.0. The number of halogens is 1. The van der Waals surface area contributed by atoms with E-state index < -0.39 is 50.2 Å². The molecule has 2 N–H and O–H groups in total. The van der Waals surface area contributed by atoms with Gasteiger partial charge in [-0.15, -0.1) is 0 Å². The van der Waals surface area contributed by atoms with Crippen molar-refractivity contribution in [1.29, 1.82) is 0 Å². The number of carbonyl (C=O) groups is 2. The van der Waals surface area contributed by atoms with E-state index in [1.54, 1.807) is 12.1 Å². The number of sulfonamides is 1. The molecule has 0 saturated heterocycles. The van der Waals surface area contributed by atoms with Gasteiger partial charge >= 0.3 is 0 Å². The first kappa shape index (κ1) is 24.2. The fraction of sp³-hybridized carbons (Fsp3) is 0.273. The highest BCUT2D eigenvalue weighted by Crippen LogP contribution is 2.34. The average molecular weight is 524 g/mol. The van der Waals surface area contributed by atoms with Crippen LogP contribution in [0.5, 0.6) is 0 Å². The Hall–Kier alpha value is -2.89. The zero-order chi connectivity index (χ0) is 24.7. The second-order valence-corrected chi connectivity index (χ2v) is 12.5. The quantitative estimate of drug-likeness (QED) is 0.617. The lowest BCUT2D eigenvalue weighted by Crippen LogP contribution is -2.51. The first-order valence-electron chi connectivity index (χ1n) is 10.4. The van der Waals surface area contributed by atoms with Crippen molar-refractivity contribution in [2.45, 2.75) is 41.6 Å². The summed E-state index contributed by atoms with van der Waals surface area (Å²) < 4.78 is 52.0. The summed E-state index contributed by atoms with van der Waals surface area (Å²) in [5.74, 6) is -1.41. The van der Waals surface area contributed by atoms with Crippen LogP contribution in [-0.4, -0.2) is 44.7 Å². The van der Waals surface area contributed by atoms with Crippen LogP contribution in [0.1, 0.15) is 30.0 Å². The summed E-state index contributed by atoms with van der Waals surface area (Å²) in [5.41, 5.74) is 1.24. The van der Waals surface area contributed by atoms with Crippen molar-refractivity contribution in [3.63, 3.8) is 0 Å². The van der Waals surface area contributed by atoms with E-state index in [-0.39, 0.29) is 22.0 Å². The van der Waals surface area contributed by atoms with Gasteiger partial charge in [-0.3, -0.25) is 13.9 Å². The third kappa shape index (κ3) is 4.68. The summed E-state index contributed by atoms with van der Waals surface area (Å²) in [6.07, 6.45) is 2.08. The Balaban J connectivity index is 1.57. The number of nitrogens with one attached hydrogen (secondary N) is 2. The molecule has 0 spiro atoms. The maximum Gasteiger partial charge on any atom is 0.264 e. The Morgan fingerprint density at radius 3 is 2.62 bits per heavy atom. The van der Waals surface area contributed by atoms with Gasteiger partial charge in [0.05, 0.1) is 28.0 Å². The summed E-state index contributed by atoms with van der Waals surface area (Å²) in [6.45, 7) is 1.82. The lowest BCUT2D eigenvalue weighted by molar-refractivity contribution is -0.129. The summed E-state index contributed by atoms with van der Waals surface area (Å²) in [6, 6.07) is 8.55. The number of hydrogen-bond acceptors (Lipinski definition) is 6. The molecule has 2 aliphatic heterocycles. The number of aryl methyl sites for hydroxylation is 1. The van der Waals surface area contributed by atoms with Gasteiger partial charge in [-0.1, -0.05) is 29.3 Å². The molecule has 2 amide bonds. The van der Waals surface area contributed by atoms with Crippen molar-refractivity contribution < 1.29 is 26.4 Å². The van der Waals surface area contributed by atoms with E-state index in [0.29, 0.717) is 10.6 Å². The predicted octanol–water partition coefficient (Wildman–Crippen LogP) is 2.03. The molecule has 0 aromatic heterocycles. The van der Waals surface area contributed by atoms with Crippen molar-refractivity contribution in [2.24, 2.45) is 0 Å². The second-order valence-electron chi connectivity index (χ2n) is 8.10. The molecule has 4 rings (SSSR count). The number of rotatable bonds is 5. The van der Waals surface area contributed by atoms with Gasteiger partial charge in [0.15, 0.2) is 9.84 Å². The maximum absolute atomic E-state index is 13.2. The second kappa shape index (κ2) is 9.05. The molecule has 2 aliphatic rings. The Morgan fingerprint density at radius 2 is 1.91 bits per heavy atom. The molecule has 0 radical (unpaired) electrons.